The number of anilines is 1. The van der Waals surface area contributed by atoms with Crippen LogP contribution in [0.5, 0.6) is 17.2 Å². The molecule has 0 radical (unpaired) electrons. The van der Waals surface area contributed by atoms with Crippen molar-refractivity contribution in [2.24, 2.45) is 0 Å². The molecule has 1 unspecified atom stereocenters. The molecule has 0 aromatic heterocycles. The molecule has 0 saturated carbocycles. The fourth-order valence-electron chi connectivity index (χ4n) is 4.48. The monoisotopic (exact) mass is 489 g/mol. The molecule has 0 spiro atoms. The number of amides is 3. The number of hydrogen-bond acceptors (Lipinski definition) is 5. The lowest BCUT2D eigenvalue weighted by atomic mass is 9.91. The zero-order chi connectivity index (χ0) is 25.5. The summed E-state index contributed by atoms with van der Waals surface area (Å²) in [5, 5.41) is 5.99. The van der Waals surface area contributed by atoms with E-state index in [0.29, 0.717) is 35.9 Å². The van der Waals surface area contributed by atoms with E-state index in [2.05, 4.69) is 10.6 Å². The van der Waals surface area contributed by atoms with Gasteiger partial charge in [-0.3, -0.25) is 4.79 Å². The van der Waals surface area contributed by atoms with Crippen LogP contribution >= 0.6 is 0 Å². The Morgan fingerprint density at radius 1 is 0.889 bits per heavy atom. The van der Waals surface area contributed by atoms with E-state index in [-0.39, 0.29) is 24.9 Å². The number of carbonyl (C=O) groups excluding carboxylic acids is 2. The van der Waals surface area contributed by atoms with E-state index < -0.39 is 6.04 Å². The van der Waals surface area contributed by atoms with E-state index in [9.17, 15) is 9.59 Å². The third-order valence-electron chi connectivity index (χ3n) is 6.31. The minimum atomic E-state index is -0.400. The number of nitrogens with one attached hydrogen (secondary N) is 2. The van der Waals surface area contributed by atoms with E-state index in [0.717, 1.165) is 16.7 Å². The lowest BCUT2D eigenvalue weighted by Crippen LogP contribution is -2.47. The highest BCUT2D eigenvalue weighted by Crippen LogP contribution is 2.38. The average molecular weight is 490 g/mol. The Bertz CT molecular complexity index is 1220. The lowest BCUT2D eigenvalue weighted by Gasteiger charge is -2.38. The minimum absolute atomic E-state index is 0.112. The first kappa shape index (κ1) is 24.9. The van der Waals surface area contributed by atoms with E-state index in [4.69, 9.17) is 14.2 Å². The molecular formula is C28H31N3O5. The normalized spacial score (nSPS) is 14.4. The maximum absolute atomic E-state index is 13.5. The molecule has 0 fully saturated rings. The van der Waals surface area contributed by atoms with Gasteiger partial charge in [-0.25, -0.2) is 4.79 Å². The molecule has 0 bridgehead atoms. The molecule has 0 aliphatic carbocycles. The first-order chi connectivity index (χ1) is 17.5. The highest BCUT2D eigenvalue weighted by atomic mass is 16.5. The molecule has 2 N–H and O–H groups in total. The maximum Gasteiger partial charge on any atom is 0.322 e. The van der Waals surface area contributed by atoms with Gasteiger partial charge in [0.2, 0.25) is 5.91 Å². The van der Waals surface area contributed by atoms with Crippen LogP contribution in [0.25, 0.3) is 0 Å². The standard InChI is InChI=1S/C28H31N3O5/c1-34-24-12-8-7-11-22(24)30-28(33)31-14-13-20-16-25(35-2)26(36-3)17-21(20)23(31)18-29-27(32)15-19-9-5-4-6-10-19/h4-12,16-17,23H,13-15,18H2,1-3H3,(H,29,32)(H,30,33). The first-order valence-electron chi connectivity index (χ1n) is 11.8. The van der Waals surface area contributed by atoms with E-state index in [1.54, 1.807) is 38.4 Å². The number of ether oxygens (including phenoxy) is 3. The summed E-state index contributed by atoms with van der Waals surface area (Å²) in [6.07, 6.45) is 0.906. The summed E-state index contributed by atoms with van der Waals surface area (Å²) in [5.74, 6) is 1.67. The van der Waals surface area contributed by atoms with Gasteiger partial charge in [-0.2, -0.15) is 0 Å². The molecule has 1 aliphatic rings. The van der Waals surface area contributed by atoms with Gasteiger partial charge in [-0.05, 0) is 47.4 Å². The first-order valence-corrected chi connectivity index (χ1v) is 11.8. The Balaban J connectivity index is 1.60. The van der Waals surface area contributed by atoms with Crippen molar-refractivity contribution in [3.63, 3.8) is 0 Å². The zero-order valence-corrected chi connectivity index (χ0v) is 20.7. The second-order valence-corrected chi connectivity index (χ2v) is 8.46. The molecule has 1 aliphatic heterocycles. The Morgan fingerprint density at radius 2 is 1.56 bits per heavy atom. The lowest BCUT2D eigenvalue weighted by molar-refractivity contribution is -0.120. The van der Waals surface area contributed by atoms with E-state index in [1.165, 1.54) is 0 Å². The quantitative estimate of drug-likeness (QED) is 0.495. The molecule has 1 atom stereocenters. The predicted molar refractivity (Wildman–Crippen MR) is 138 cm³/mol. The number of rotatable bonds is 8. The van der Waals surface area contributed by atoms with Crippen LogP contribution < -0.4 is 24.8 Å². The van der Waals surface area contributed by atoms with Crippen LogP contribution in [0.15, 0.2) is 66.7 Å². The van der Waals surface area contributed by atoms with Crippen molar-refractivity contribution in [3.8, 4) is 17.2 Å². The van der Waals surface area contributed by atoms with Crippen molar-refractivity contribution in [1.29, 1.82) is 0 Å². The molecular weight excluding hydrogens is 458 g/mol. The predicted octanol–water partition coefficient (Wildman–Crippen LogP) is 4.20. The Kier molecular flexibility index (Phi) is 7.95. The topological polar surface area (TPSA) is 89.1 Å². The largest absolute Gasteiger partial charge is 0.495 e. The van der Waals surface area contributed by atoms with Gasteiger partial charge in [0.05, 0.1) is 39.5 Å². The number of nitrogens with zero attached hydrogens (tertiary/aromatic N) is 1. The molecule has 1 heterocycles. The number of carbonyl (C=O) groups is 2. The van der Waals surface area contributed by atoms with Crippen LogP contribution in [0, 0.1) is 0 Å². The summed E-state index contributed by atoms with van der Waals surface area (Å²) in [5.41, 5.74) is 3.47. The number of hydrogen-bond donors (Lipinski definition) is 2. The second kappa shape index (κ2) is 11.5. The van der Waals surface area contributed by atoms with Gasteiger partial charge >= 0.3 is 6.03 Å². The Hall–Kier alpha value is -4.20. The van der Waals surface area contributed by atoms with E-state index >= 15 is 0 Å². The van der Waals surface area contributed by atoms with Gasteiger partial charge in [-0.1, -0.05) is 42.5 Å². The van der Waals surface area contributed by atoms with Crippen molar-refractivity contribution in [3.05, 3.63) is 83.4 Å². The van der Waals surface area contributed by atoms with Gasteiger partial charge < -0.3 is 29.7 Å². The third-order valence-corrected chi connectivity index (χ3v) is 6.31. The van der Waals surface area contributed by atoms with Crippen molar-refractivity contribution < 1.29 is 23.8 Å². The molecule has 3 amide bonds. The van der Waals surface area contributed by atoms with Crippen molar-refractivity contribution in [1.82, 2.24) is 10.2 Å². The van der Waals surface area contributed by atoms with Crippen LogP contribution in [0.2, 0.25) is 0 Å². The van der Waals surface area contributed by atoms with Gasteiger partial charge in [-0.15, -0.1) is 0 Å². The number of para-hydroxylation sites is 2. The number of fused-ring (bicyclic) bond motifs is 1. The maximum atomic E-state index is 13.5. The summed E-state index contributed by atoms with van der Waals surface area (Å²) in [7, 11) is 4.74. The SMILES string of the molecule is COc1ccccc1NC(=O)N1CCc2cc(OC)c(OC)cc2C1CNC(=O)Cc1ccccc1. The smallest absolute Gasteiger partial charge is 0.322 e. The van der Waals surface area contributed by atoms with Crippen molar-refractivity contribution in [2.75, 3.05) is 39.7 Å². The summed E-state index contributed by atoms with van der Waals surface area (Å²) in [6, 6.07) is 20.0. The Morgan fingerprint density at radius 3 is 2.28 bits per heavy atom. The molecule has 3 aromatic carbocycles. The summed E-state index contributed by atoms with van der Waals surface area (Å²) in [4.78, 5) is 27.9. The van der Waals surface area contributed by atoms with Crippen LogP contribution in [-0.2, 0) is 17.6 Å². The fraction of sp³-hybridized carbons (Fsp3) is 0.286. The van der Waals surface area contributed by atoms with E-state index in [1.807, 2.05) is 54.6 Å². The van der Waals surface area contributed by atoms with Crippen molar-refractivity contribution >= 4 is 17.6 Å². The third kappa shape index (κ3) is 5.54. The average Bonchev–Trinajstić information content (AvgIpc) is 2.91. The Labute approximate surface area is 211 Å². The molecule has 8 nitrogen and oxygen atoms in total. The second-order valence-electron chi connectivity index (χ2n) is 8.46. The number of benzene rings is 3. The van der Waals surface area contributed by atoms with Gasteiger partial charge in [0, 0.05) is 13.1 Å². The highest BCUT2D eigenvalue weighted by molar-refractivity contribution is 5.91. The van der Waals surface area contributed by atoms with Gasteiger partial charge in [0.15, 0.2) is 11.5 Å². The summed E-state index contributed by atoms with van der Waals surface area (Å²) < 4.78 is 16.4. The molecule has 4 rings (SSSR count). The number of methoxy groups -OCH3 is 3. The number of urea groups is 1. The summed E-state index contributed by atoms with van der Waals surface area (Å²) in [6.45, 7) is 0.732. The highest BCUT2D eigenvalue weighted by Gasteiger charge is 2.33. The van der Waals surface area contributed by atoms with Gasteiger partial charge in [0.1, 0.15) is 5.75 Å². The van der Waals surface area contributed by atoms with Crippen LogP contribution in [-0.4, -0.2) is 51.3 Å². The molecule has 188 valence electrons. The molecule has 36 heavy (non-hydrogen) atoms. The molecule has 8 heteroatoms. The molecule has 0 saturated heterocycles. The fourth-order valence-corrected chi connectivity index (χ4v) is 4.48. The van der Waals surface area contributed by atoms with Gasteiger partial charge in [0.25, 0.3) is 0 Å². The zero-order valence-electron chi connectivity index (χ0n) is 20.7. The summed E-state index contributed by atoms with van der Waals surface area (Å²) >= 11 is 0. The minimum Gasteiger partial charge on any atom is -0.495 e. The van der Waals surface area contributed by atoms with Crippen LogP contribution in [0.1, 0.15) is 22.7 Å². The van der Waals surface area contributed by atoms with Crippen molar-refractivity contribution in [2.45, 2.75) is 18.9 Å². The van der Waals surface area contributed by atoms with Crippen LogP contribution in [0.3, 0.4) is 0 Å². The molecule has 3 aromatic rings. The van der Waals surface area contributed by atoms with Crippen LogP contribution in [0.4, 0.5) is 10.5 Å².